The van der Waals surface area contributed by atoms with Crippen LogP contribution in [0.5, 0.6) is 0 Å². The first kappa shape index (κ1) is 13.7. The molecule has 0 amide bonds. The number of nitrogens with zero attached hydrogens (tertiary/aromatic N) is 1. The fourth-order valence-electron chi connectivity index (χ4n) is 1.65. The summed E-state index contributed by atoms with van der Waals surface area (Å²) in [6.07, 6.45) is 3.07. The van der Waals surface area contributed by atoms with E-state index in [4.69, 9.17) is 9.94 Å². The Morgan fingerprint density at radius 1 is 1.32 bits per heavy atom. The SMILES string of the molecule is O=C(O)/C=C/c1ccc(S(=O)(=O)N2CCCO2)cc1. The van der Waals surface area contributed by atoms with E-state index < -0.39 is 16.0 Å². The lowest BCUT2D eigenvalue weighted by Crippen LogP contribution is -2.26. The maximum absolute atomic E-state index is 12.1. The summed E-state index contributed by atoms with van der Waals surface area (Å²) in [6.45, 7) is 0.752. The van der Waals surface area contributed by atoms with Crippen LogP contribution in [0.2, 0.25) is 0 Å². The molecular weight excluding hydrogens is 270 g/mol. The minimum Gasteiger partial charge on any atom is -0.478 e. The Labute approximate surface area is 110 Å². The standard InChI is InChI=1S/C12H13NO5S/c14-12(15)7-4-10-2-5-11(6-3-10)19(16,17)13-8-1-9-18-13/h2-7H,1,8-9H2,(H,14,15)/b7-4+. The van der Waals surface area contributed by atoms with E-state index in [0.29, 0.717) is 25.1 Å². The molecular formula is C12H13NO5S. The average Bonchev–Trinajstić information content (AvgIpc) is 2.91. The Kier molecular flexibility index (Phi) is 3.98. The monoisotopic (exact) mass is 283 g/mol. The Hall–Kier alpha value is -1.70. The minimum atomic E-state index is -3.62. The zero-order valence-corrected chi connectivity index (χ0v) is 10.8. The van der Waals surface area contributed by atoms with Crippen molar-refractivity contribution in [1.29, 1.82) is 0 Å². The average molecular weight is 283 g/mol. The Bertz CT molecular complexity index is 585. The number of hydrogen-bond donors (Lipinski definition) is 1. The van der Waals surface area contributed by atoms with Gasteiger partial charge in [0.05, 0.1) is 11.5 Å². The van der Waals surface area contributed by atoms with Crippen molar-refractivity contribution in [2.24, 2.45) is 0 Å². The van der Waals surface area contributed by atoms with Crippen LogP contribution >= 0.6 is 0 Å². The van der Waals surface area contributed by atoms with Crippen molar-refractivity contribution >= 4 is 22.1 Å². The van der Waals surface area contributed by atoms with Crippen LogP contribution in [0.25, 0.3) is 6.08 Å². The van der Waals surface area contributed by atoms with E-state index in [9.17, 15) is 13.2 Å². The van der Waals surface area contributed by atoms with Crippen LogP contribution < -0.4 is 0 Å². The van der Waals surface area contributed by atoms with Gasteiger partial charge in [0.15, 0.2) is 0 Å². The normalized spacial score (nSPS) is 17.1. The molecule has 1 N–H and O–H groups in total. The minimum absolute atomic E-state index is 0.127. The predicted octanol–water partition coefficient (Wildman–Crippen LogP) is 1.11. The van der Waals surface area contributed by atoms with Gasteiger partial charge >= 0.3 is 5.97 Å². The summed E-state index contributed by atoms with van der Waals surface area (Å²) in [6, 6.07) is 5.95. The second-order valence-electron chi connectivity index (χ2n) is 3.96. The molecule has 6 nitrogen and oxygen atoms in total. The molecule has 1 fully saturated rings. The van der Waals surface area contributed by atoms with Crippen LogP contribution in [0.1, 0.15) is 12.0 Å². The number of carboxylic acids is 1. The van der Waals surface area contributed by atoms with Crippen molar-refractivity contribution in [1.82, 2.24) is 4.47 Å². The van der Waals surface area contributed by atoms with Gasteiger partial charge in [-0.25, -0.2) is 13.2 Å². The summed E-state index contributed by atoms with van der Waals surface area (Å²) in [5.74, 6) is -1.05. The van der Waals surface area contributed by atoms with Gasteiger partial charge in [-0.15, -0.1) is 0 Å². The predicted molar refractivity (Wildman–Crippen MR) is 67.6 cm³/mol. The van der Waals surface area contributed by atoms with Gasteiger partial charge in [0.2, 0.25) is 0 Å². The van der Waals surface area contributed by atoms with E-state index in [1.54, 1.807) is 12.1 Å². The van der Waals surface area contributed by atoms with Crippen molar-refractivity contribution in [3.8, 4) is 0 Å². The van der Waals surface area contributed by atoms with Crippen LogP contribution in [0, 0.1) is 0 Å². The summed E-state index contributed by atoms with van der Waals surface area (Å²) in [5, 5.41) is 8.50. The van der Waals surface area contributed by atoms with E-state index in [-0.39, 0.29) is 4.90 Å². The van der Waals surface area contributed by atoms with Crippen molar-refractivity contribution in [2.45, 2.75) is 11.3 Å². The molecule has 1 aromatic carbocycles. The lowest BCUT2D eigenvalue weighted by molar-refractivity contribution is -0.131. The smallest absolute Gasteiger partial charge is 0.328 e. The first-order valence-corrected chi connectivity index (χ1v) is 7.11. The molecule has 1 aromatic rings. The number of aliphatic carboxylic acids is 1. The maximum atomic E-state index is 12.1. The number of rotatable bonds is 4. The van der Waals surface area contributed by atoms with Gasteiger partial charge in [-0.1, -0.05) is 16.6 Å². The summed E-state index contributed by atoms with van der Waals surface area (Å²) >= 11 is 0. The topological polar surface area (TPSA) is 83.9 Å². The third-order valence-electron chi connectivity index (χ3n) is 2.58. The number of carboxylic acid groups (broad SMARTS) is 1. The van der Waals surface area contributed by atoms with E-state index >= 15 is 0 Å². The Morgan fingerprint density at radius 3 is 2.53 bits per heavy atom. The fourth-order valence-corrected chi connectivity index (χ4v) is 2.95. The number of carbonyl (C=O) groups is 1. The highest BCUT2D eigenvalue weighted by atomic mass is 32.2. The molecule has 0 saturated carbocycles. The van der Waals surface area contributed by atoms with Gasteiger partial charge in [0, 0.05) is 12.6 Å². The highest BCUT2D eigenvalue weighted by molar-refractivity contribution is 7.89. The van der Waals surface area contributed by atoms with Crippen molar-refractivity contribution in [3.63, 3.8) is 0 Å². The fraction of sp³-hybridized carbons (Fsp3) is 0.250. The first-order chi connectivity index (χ1) is 9.00. The second kappa shape index (κ2) is 5.52. The van der Waals surface area contributed by atoms with Crippen molar-refractivity contribution < 1.29 is 23.2 Å². The zero-order chi connectivity index (χ0) is 13.9. The third-order valence-corrected chi connectivity index (χ3v) is 4.28. The molecule has 0 bridgehead atoms. The van der Waals surface area contributed by atoms with Crippen LogP contribution in [0.15, 0.2) is 35.2 Å². The van der Waals surface area contributed by atoms with Gasteiger partial charge in [-0.05, 0) is 30.2 Å². The summed E-state index contributed by atoms with van der Waals surface area (Å²) in [7, 11) is -3.62. The van der Waals surface area contributed by atoms with Gasteiger partial charge in [0.25, 0.3) is 10.0 Å². The van der Waals surface area contributed by atoms with E-state index in [2.05, 4.69) is 0 Å². The van der Waals surface area contributed by atoms with Gasteiger partial charge in [-0.2, -0.15) is 0 Å². The Morgan fingerprint density at radius 2 is 2.00 bits per heavy atom. The van der Waals surface area contributed by atoms with E-state index in [1.807, 2.05) is 0 Å². The molecule has 0 aliphatic carbocycles. The van der Waals surface area contributed by atoms with Crippen LogP contribution in [0.3, 0.4) is 0 Å². The summed E-state index contributed by atoms with van der Waals surface area (Å²) < 4.78 is 25.2. The van der Waals surface area contributed by atoms with E-state index in [1.165, 1.54) is 18.2 Å². The van der Waals surface area contributed by atoms with Gasteiger partial charge < -0.3 is 5.11 Å². The maximum Gasteiger partial charge on any atom is 0.328 e. The lowest BCUT2D eigenvalue weighted by atomic mass is 10.2. The number of hydroxylamine groups is 1. The molecule has 1 aliphatic heterocycles. The Balaban J connectivity index is 2.20. The molecule has 7 heteroatoms. The second-order valence-corrected chi connectivity index (χ2v) is 5.79. The number of hydrogen-bond acceptors (Lipinski definition) is 4. The molecule has 1 heterocycles. The highest BCUT2D eigenvalue weighted by Gasteiger charge is 2.28. The van der Waals surface area contributed by atoms with Crippen LogP contribution in [0.4, 0.5) is 0 Å². The number of sulfonamides is 1. The molecule has 0 atom stereocenters. The molecule has 0 aromatic heterocycles. The molecule has 102 valence electrons. The van der Waals surface area contributed by atoms with Crippen LogP contribution in [-0.2, 0) is 19.7 Å². The molecule has 0 radical (unpaired) electrons. The quantitative estimate of drug-likeness (QED) is 0.837. The molecule has 1 aliphatic rings. The van der Waals surface area contributed by atoms with E-state index in [0.717, 1.165) is 10.5 Å². The first-order valence-electron chi connectivity index (χ1n) is 5.67. The molecule has 0 unspecified atom stereocenters. The summed E-state index contributed by atoms with van der Waals surface area (Å²) in [4.78, 5) is 15.5. The molecule has 1 saturated heterocycles. The number of benzene rings is 1. The third kappa shape index (κ3) is 3.19. The molecule has 19 heavy (non-hydrogen) atoms. The van der Waals surface area contributed by atoms with Gasteiger partial charge in [0.1, 0.15) is 0 Å². The lowest BCUT2D eigenvalue weighted by Gasteiger charge is -2.14. The molecule has 2 rings (SSSR count). The van der Waals surface area contributed by atoms with Crippen molar-refractivity contribution in [3.05, 3.63) is 35.9 Å². The molecule has 0 spiro atoms. The highest BCUT2D eigenvalue weighted by Crippen LogP contribution is 2.20. The summed E-state index contributed by atoms with van der Waals surface area (Å²) in [5.41, 5.74) is 0.615. The van der Waals surface area contributed by atoms with Crippen LogP contribution in [-0.4, -0.2) is 37.1 Å². The zero-order valence-electron chi connectivity index (χ0n) is 10.0. The largest absolute Gasteiger partial charge is 0.478 e. The van der Waals surface area contributed by atoms with Gasteiger partial charge in [-0.3, -0.25) is 4.84 Å². The van der Waals surface area contributed by atoms with Crippen molar-refractivity contribution in [2.75, 3.05) is 13.2 Å².